The summed E-state index contributed by atoms with van der Waals surface area (Å²) in [4.78, 5) is 0. The number of anilines is 1. The number of halogens is 1. The zero-order chi connectivity index (χ0) is 14.9. The highest BCUT2D eigenvalue weighted by molar-refractivity contribution is 6.30. The van der Waals surface area contributed by atoms with Crippen LogP contribution in [0.2, 0.25) is 5.02 Å². The molecule has 110 valence electrons. The smallest absolute Gasteiger partial charge is 0.243 e. The molecular weight excluding hydrogens is 298 g/mol. The molecule has 2 atom stereocenters. The van der Waals surface area contributed by atoms with E-state index in [1.807, 2.05) is 47.1 Å². The SMILES string of the molecule is Clc1ccc([C@@H]2C[C@H](c3ccccc3)n3nnnc3N2)cc1. The van der Waals surface area contributed by atoms with Crippen LogP contribution in [0.3, 0.4) is 0 Å². The van der Waals surface area contributed by atoms with Crippen LogP contribution in [0.5, 0.6) is 0 Å². The summed E-state index contributed by atoms with van der Waals surface area (Å²) < 4.78 is 1.85. The molecule has 2 heterocycles. The molecule has 0 saturated carbocycles. The van der Waals surface area contributed by atoms with Gasteiger partial charge in [0.25, 0.3) is 0 Å². The molecule has 4 rings (SSSR count). The minimum absolute atomic E-state index is 0.119. The van der Waals surface area contributed by atoms with E-state index in [0.29, 0.717) is 5.95 Å². The van der Waals surface area contributed by atoms with E-state index < -0.39 is 0 Å². The van der Waals surface area contributed by atoms with Gasteiger partial charge >= 0.3 is 0 Å². The van der Waals surface area contributed by atoms with Crippen molar-refractivity contribution in [2.75, 3.05) is 5.32 Å². The molecule has 6 heteroatoms. The van der Waals surface area contributed by atoms with Crippen molar-refractivity contribution in [3.8, 4) is 0 Å². The van der Waals surface area contributed by atoms with Gasteiger partial charge in [-0.1, -0.05) is 59.2 Å². The summed E-state index contributed by atoms with van der Waals surface area (Å²) in [5, 5.41) is 16.2. The minimum atomic E-state index is 0.119. The number of nitrogens with one attached hydrogen (secondary N) is 1. The predicted molar refractivity (Wildman–Crippen MR) is 84.8 cm³/mol. The van der Waals surface area contributed by atoms with Gasteiger partial charge in [0.15, 0.2) is 0 Å². The molecule has 1 aliphatic heterocycles. The highest BCUT2D eigenvalue weighted by Crippen LogP contribution is 2.36. The first-order valence-electron chi connectivity index (χ1n) is 7.16. The van der Waals surface area contributed by atoms with E-state index in [9.17, 15) is 0 Å². The maximum atomic E-state index is 5.98. The van der Waals surface area contributed by atoms with Gasteiger partial charge in [0.1, 0.15) is 0 Å². The summed E-state index contributed by atoms with van der Waals surface area (Å²) in [6.07, 6.45) is 0.879. The summed E-state index contributed by atoms with van der Waals surface area (Å²) in [5.41, 5.74) is 2.39. The Bertz CT molecular complexity index is 769. The minimum Gasteiger partial charge on any atom is -0.346 e. The third kappa shape index (κ3) is 2.33. The number of benzene rings is 2. The van der Waals surface area contributed by atoms with Crippen LogP contribution in [0.1, 0.15) is 29.6 Å². The monoisotopic (exact) mass is 311 g/mol. The van der Waals surface area contributed by atoms with Crippen molar-refractivity contribution in [1.82, 2.24) is 20.2 Å². The second-order valence-corrected chi connectivity index (χ2v) is 5.79. The van der Waals surface area contributed by atoms with Crippen molar-refractivity contribution in [2.45, 2.75) is 18.5 Å². The van der Waals surface area contributed by atoms with Crippen LogP contribution in [0.15, 0.2) is 54.6 Å². The molecule has 3 aromatic rings. The highest BCUT2D eigenvalue weighted by Gasteiger charge is 2.30. The molecule has 0 unspecified atom stereocenters. The van der Waals surface area contributed by atoms with Gasteiger partial charge < -0.3 is 5.32 Å². The lowest BCUT2D eigenvalue weighted by Gasteiger charge is -2.31. The molecule has 22 heavy (non-hydrogen) atoms. The maximum Gasteiger partial charge on any atom is 0.243 e. The van der Waals surface area contributed by atoms with E-state index in [1.54, 1.807) is 0 Å². The van der Waals surface area contributed by atoms with Crippen molar-refractivity contribution < 1.29 is 0 Å². The van der Waals surface area contributed by atoms with Gasteiger partial charge in [0.05, 0.1) is 12.1 Å². The van der Waals surface area contributed by atoms with Gasteiger partial charge in [-0.3, -0.25) is 0 Å². The topological polar surface area (TPSA) is 55.6 Å². The molecule has 2 aromatic carbocycles. The fraction of sp³-hybridized carbons (Fsp3) is 0.188. The third-order valence-electron chi connectivity index (χ3n) is 4.01. The highest BCUT2D eigenvalue weighted by atomic mass is 35.5. The average Bonchev–Trinajstić information content (AvgIpc) is 3.04. The Hall–Kier alpha value is -2.40. The van der Waals surface area contributed by atoms with Crippen molar-refractivity contribution in [2.24, 2.45) is 0 Å². The zero-order valence-electron chi connectivity index (χ0n) is 11.7. The van der Waals surface area contributed by atoms with Crippen LogP contribution in [0, 0.1) is 0 Å². The molecule has 0 bridgehead atoms. The molecule has 0 radical (unpaired) electrons. The summed E-state index contributed by atoms with van der Waals surface area (Å²) in [6, 6.07) is 18.5. The number of fused-ring (bicyclic) bond motifs is 1. The second kappa shape index (κ2) is 5.42. The third-order valence-corrected chi connectivity index (χ3v) is 4.26. The van der Waals surface area contributed by atoms with Crippen molar-refractivity contribution in [1.29, 1.82) is 0 Å². The number of hydrogen-bond donors (Lipinski definition) is 1. The van der Waals surface area contributed by atoms with Gasteiger partial charge in [-0.2, -0.15) is 0 Å². The molecule has 1 aromatic heterocycles. The largest absolute Gasteiger partial charge is 0.346 e. The molecular formula is C16H14ClN5. The Balaban J connectivity index is 1.72. The van der Waals surface area contributed by atoms with Gasteiger partial charge in [-0.05, 0) is 40.1 Å². The van der Waals surface area contributed by atoms with Crippen LogP contribution in [0.25, 0.3) is 0 Å². The summed E-state index contributed by atoms with van der Waals surface area (Å²) in [6.45, 7) is 0. The quantitative estimate of drug-likeness (QED) is 0.787. The predicted octanol–water partition coefficient (Wildman–Crippen LogP) is 3.47. The fourth-order valence-corrected chi connectivity index (χ4v) is 3.03. The Morgan fingerprint density at radius 2 is 1.77 bits per heavy atom. The normalized spacial score (nSPS) is 20.2. The first-order valence-corrected chi connectivity index (χ1v) is 7.54. The summed E-state index contributed by atoms with van der Waals surface area (Å²) >= 11 is 5.98. The lowest BCUT2D eigenvalue weighted by atomic mass is 9.93. The summed E-state index contributed by atoms with van der Waals surface area (Å²) in [5.74, 6) is 0.694. The van der Waals surface area contributed by atoms with Gasteiger partial charge in [-0.25, -0.2) is 4.68 Å². The van der Waals surface area contributed by atoms with E-state index in [-0.39, 0.29) is 12.1 Å². The zero-order valence-corrected chi connectivity index (χ0v) is 12.5. The Kier molecular flexibility index (Phi) is 3.27. The summed E-state index contributed by atoms with van der Waals surface area (Å²) in [7, 11) is 0. The van der Waals surface area contributed by atoms with Crippen molar-refractivity contribution >= 4 is 17.5 Å². The van der Waals surface area contributed by atoms with E-state index in [1.165, 1.54) is 11.1 Å². The van der Waals surface area contributed by atoms with Crippen LogP contribution in [-0.2, 0) is 0 Å². The number of rotatable bonds is 2. The van der Waals surface area contributed by atoms with Crippen LogP contribution in [0.4, 0.5) is 5.95 Å². The first-order chi connectivity index (χ1) is 10.8. The molecule has 0 aliphatic carbocycles. The molecule has 0 fully saturated rings. The average molecular weight is 312 g/mol. The molecule has 1 N–H and O–H groups in total. The number of aromatic nitrogens is 4. The van der Waals surface area contributed by atoms with E-state index in [4.69, 9.17) is 11.6 Å². The maximum absolute atomic E-state index is 5.98. The Morgan fingerprint density at radius 1 is 1.00 bits per heavy atom. The molecule has 5 nitrogen and oxygen atoms in total. The Morgan fingerprint density at radius 3 is 2.55 bits per heavy atom. The van der Waals surface area contributed by atoms with Crippen molar-refractivity contribution in [3.05, 3.63) is 70.7 Å². The van der Waals surface area contributed by atoms with Gasteiger partial charge in [-0.15, -0.1) is 0 Å². The number of nitrogens with zero attached hydrogens (tertiary/aromatic N) is 4. The molecule has 1 aliphatic rings. The first kappa shape index (κ1) is 13.3. The number of tetrazole rings is 1. The second-order valence-electron chi connectivity index (χ2n) is 5.36. The van der Waals surface area contributed by atoms with Crippen molar-refractivity contribution in [3.63, 3.8) is 0 Å². The van der Waals surface area contributed by atoms with E-state index >= 15 is 0 Å². The lowest BCUT2D eigenvalue weighted by Crippen LogP contribution is -2.28. The standard InChI is InChI=1S/C16H14ClN5/c17-13-8-6-11(7-9-13)14-10-15(12-4-2-1-3-5-12)22-16(18-14)19-20-21-22/h1-9,14-15H,10H2,(H,18,19,21)/t14-,15+/m0/s1. The molecule has 0 spiro atoms. The molecule has 0 amide bonds. The van der Waals surface area contributed by atoms with Crippen LogP contribution >= 0.6 is 11.6 Å². The fourth-order valence-electron chi connectivity index (χ4n) is 2.90. The lowest BCUT2D eigenvalue weighted by molar-refractivity contribution is 0.424. The van der Waals surface area contributed by atoms with Crippen LogP contribution in [-0.4, -0.2) is 20.2 Å². The molecule has 0 saturated heterocycles. The van der Waals surface area contributed by atoms with Gasteiger partial charge in [0.2, 0.25) is 5.95 Å². The van der Waals surface area contributed by atoms with E-state index in [2.05, 4.69) is 33.0 Å². The van der Waals surface area contributed by atoms with E-state index in [0.717, 1.165) is 11.4 Å². The van der Waals surface area contributed by atoms with Crippen LogP contribution < -0.4 is 5.32 Å². The number of hydrogen-bond acceptors (Lipinski definition) is 4. The van der Waals surface area contributed by atoms with Gasteiger partial charge in [0, 0.05) is 5.02 Å². The Labute approximate surface area is 132 Å².